The smallest absolute Gasteiger partial charge is 0.309 e. The second kappa shape index (κ2) is 14.2. The summed E-state index contributed by atoms with van der Waals surface area (Å²) >= 11 is 0. The molecule has 0 aromatic heterocycles. The number of hydrogen-bond donors (Lipinski definition) is 8. The number of hydrogen-bond acceptors (Lipinski definition) is 12. The van der Waals surface area contributed by atoms with E-state index in [0.717, 1.165) is 51.4 Å². The van der Waals surface area contributed by atoms with Crippen molar-refractivity contribution in [2.24, 2.45) is 50.2 Å². The van der Waals surface area contributed by atoms with Gasteiger partial charge in [0.05, 0.1) is 24.7 Å². The first-order valence-corrected chi connectivity index (χ1v) is 20.8. The lowest BCUT2D eigenvalue weighted by Gasteiger charge is -2.71. The van der Waals surface area contributed by atoms with Gasteiger partial charge in [0.2, 0.25) is 0 Å². The van der Waals surface area contributed by atoms with Crippen molar-refractivity contribution < 1.29 is 64.6 Å². The Morgan fingerprint density at radius 3 is 2.00 bits per heavy atom. The van der Waals surface area contributed by atoms with Crippen molar-refractivity contribution in [2.45, 2.75) is 180 Å². The minimum atomic E-state index is -1.74. The maximum absolute atomic E-state index is 12.5. The lowest BCUT2D eigenvalue weighted by atomic mass is 9.33. The van der Waals surface area contributed by atoms with Gasteiger partial charge in [0.15, 0.2) is 12.6 Å². The first-order valence-electron chi connectivity index (χ1n) is 20.8. The van der Waals surface area contributed by atoms with E-state index >= 15 is 0 Å². The van der Waals surface area contributed by atoms with Crippen molar-refractivity contribution >= 4 is 5.97 Å². The third-order valence-electron chi connectivity index (χ3n) is 17.5. The van der Waals surface area contributed by atoms with Gasteiger partial charge < -0.3 is 59.8 Å². The van der Waals surface area contributed by atoms with Gasteiger partial charge in [-0.05, 0) is 116 Å². The molecule has 13 heteroatoms. The van der Waals surface area contributed by atoms with Gasteiger partial charge >= 0.3 is 5.97 Å². The van der Waals surface area contributed by atoms with Gasteiger partial charge in [-0.25, -0.2) is 0 Å². The van der Waals surface area contributed by atoms with Crippen LogP contribution < -0.4 is 0 Å². The first-order chi connectivity index (χ1) is 25.6. The van der Waals surface area contributed by atoms with Crippen LogP contribution in [0.3, 0.4) is 0 Å². The Morgan fingerprint density at radius 2 is 1.35 bits per heavy atom. The highest BCUT2D eigenvalue weighted by Crippen LogP contribution is 2.76. The highest BCUT2D eigenvalue weighted by Gasteiger charge is 2.68. The molecule has 13 nitrogen and oxygen atoms in total. The zero-order chi connectivity index (χ0) is 40.3. The fourth-order valence-corrected chi connectivity index (χ4v) is 13.6. The monoisotopic (exact) mass is 780 g/mol. The molecule has 2 saturated heterocycles. The second-order valence-electron chi connectivity index (χ2n) is 20.6. The van der Waals surface area contributed by atoms with Crippen LogP contribution >= 0.6 is 0 Å². The molecule has 0 amide bonds. The molecule has 0 bridgehead atoms. The molecule has 7 aliphatic rings. The number of ether oxygens (including phenoxy) is 4. The van der Waals surface area contributed by atoms with E-state index < -0.39 is 86.0 Å². The molecule has 5 aliphatic carbocycles. The highest BCUT2D eigenvalue weighted by molar-refractivity contribution is 5.74. The summed E-state index contributed by atoms with van der Waals surface area (Å²) in [7, 11) is 0. The van der Waals surface area contributed by atoms with Gasteiger partial charge in [0, 0.05) is 0 Å². The molecule has 2 heterocycles. The van der Waals surface area contributed by atoms with Crippen LogP contribution in [0.2, 0.25) is 0 Å². The third-order valence-corrected chi connectivity index (χ3v) is 17.5. The number of carbonyl (C=O) groups is 1. The number of allylic oxidation sites excluding steroid dienone is 2. The van der Waals surface area contributed by atoms with Crippen molar-refractivity contribution in [2.75, 3.05) is 13.2 Å². The Balaban J connectivity index is 1.08. The van der Waals surface area contributed by atoms with E-state index in [9.17, 15) is 45.6 Å². The summed E-state index contributed by atoms with van der Waals surface area (Å²) in [6, 6.07) is 0. The number of aliphatic hydroxyl groups is 7. The van der Waals surface area contributed by atoms with Gasteiger partial charge in [-0.2, -0.15) is 0 Å². The minimum Gasteiger partial charge on any atom is -0.481 e. The summed E-state index contributed by atoms with van der Waals surface area (Å²) in [5.41, 5.74) is 0.612. The summed E-state index contributed by atoms with van der Waals surface area (Å²) in [6.07, 6.45) is -3.52. The largest absolute Gasteiger partial charge is 0.481 e. The quantitative estimate of drug-likeness (QED) is 0.138. The number of carboxylic acid groups (broad SMARTS) is 1. The standard InChI is InChI=1S/C42H68O13/c1-37(2)25-10-13-42(7)26(9-8-21-22-18-39(4,36(50)51)15-14-38(22,3)16-17-41(21,42)6)40(25,5)12-11-27(37)54-34-32(49)30(47)33(24(20-44)53-34)55-35-31(48)29(46)28(45)23(19-43)52-35/h8,22-35,43-49H,9-20H2,1-7H3,(H,50,51)/t22-,23+,24+,25-,26+,27-,28-,29-,30+,31+,32+,33+,34-,35-,38+,39-,40-,41+,42+/m0/s1. The van der Waals surface area contributed by atoms with E-state index in [0.29, 0.717) is 18.8 Å². The highest BCUT2D eigenvalue weighted by atomic mass is 16.7. The second-order valence-corrected chi connectivity index (χ2v) is 20.6. The molecule has 314 valence electrons. The third kappa shape index (κ3) is 6.23. The summed E-state index contributed by atoms with van der Waals surface area (Å²) in [4.78, 5) is 12.5. The van der Waals surface area contributed by atoms with Gasteiger partial charge in [0.25, 0.3) is 0 Å². The Hall–Kier alpha value is -1.23. The van der Waals surface area contributed by atoms with Crippen LogP contribution in [0.25, 0.3) is 0 Å². The SMILES string of the molecule is CC1(C)[C@@H](O[C@@H]2O[C@H](CO)[C@@H](O[C@@H]3O[C@H](CO)[C@H](O)[C@H](O)[C@H]3O)[C@H](O)[C@H]2O)CC[C@]2(C)[C@H]3CC=C4[C@@H]5C[C@@](C)(C(=O)O)CC[C@]5(C)CC[C@@]4(C)[C@]3(C)CC[C@@H]12. The van der Waals surface area contributed by atoms with Gasteiger partial charge in [0.1, 0.15) is 48.8 Å². The van der Waals surface area contributed by atoms with E-state index in [2.05, 4.69) is 47.6 Å². The van der Waals surface area contributed by atoms with Gasteiger partial charge in [-0.15, -0.1) is 0 Å². The molecular formula is C42H68O13. The molecule has 8 N–H and O–H groups in total. The van der Waals surface area contributed by atoms with Crippen molar-refractivity contribution in [3.05, 3.63) is 11.6 Å². The number of aliphatic hydroxyl groups excluding tert-OH is 7. The Morgan fingerprint density at radius 1 is 0.727 bits per heavy atom. The van der Waals surface area contributed by atoms with Crippen LogP contribution in [0.1, 0.15) is 113 Å². The average Bonchev–Trinajstić information content (AvgIpc) is 3.13. The van der Waals surface area contributed by atoms with E-state index in [1.54, 1.807) is 0 Å². The van der Waals surface area contributed by atoms with Crippen molar-refractivity contribution in [3.63, 3.8) is 0 Å². The van der Waals surface area contributed by atoms with Gasteiger partial charge in [-0.1, -0.05) is 53.2 Å². The molecule has 7 rings (SSSR count). The Labute approximate surface area is 325 Å². The molecule has 4 saturated carbocycles. The predicted molar refractivity (Wildman–Crippen MR) is 198 cm³/mol. The van der Waals surface area contributed by atoms with E-state index in [-0.39, 0.29) is 45.0 Å². The zero-order valence-corrected chi connectivity index (χ0v) is 33.8. The summed E-state index contributed by atoms with van der Waals surface area (Å²) < 4.78 is 23.9. The lowest BCUT2D eigenvalue weighted by Crippen LogP contribution is -2.66. The molecule has 6 fully saturated rings. The van der Waals surface area contributed by atoms with Crippen LogP contribution in [-0.2, 0) is 23.7 Å². The van der Waals surface area contributed by atoms with Crippen LogP contribution in [0.5, 0.6) is 0 Å². The predicted octanol–water partition coefficient (Wildman–Crippen LogP) is 2.88. The molecule has 0 aromatic rings. The summed E-state index contributed by atoms with van der Waals surface area (Å²) in [5.74, 6) is 0.303. The maximum Gasteiger partial charge on any atom is 0.309 e. The molecule has 19 atom stereocenters. The minimum absolute atomic E-state index is 0.00613. The van der Waals surface area contributed by atoms with Crippen molar-refractivity contribution in [1.29, 1.82) is 0 Å². The molecular weight excluding hydrogens is 712 g/mol. The zero-order valence-electron chi connectivity index (χ0n) is 33.8. The van der Waals surface area contributed by atoms with Crippen molar-refractivity contribution in [1.82, 2.24) is 0 Å². The number of aliphatic carboxylic acids is 1. The molecule has 0 spiro atoms. The number of fused-ring (bicyclic) bond motifs is 7. The Bertz CT molecular complexity index is 1480. The number of carboxylic acids is 1. The average molecular weight is 781 g/mol. The Kier molecular flexibility index (Phi) is 10.8. The molecule has 0 aromatic carbocycles. The van der Waals surface area contributed by atoms with Crippen molar-refractivity contribution in [3.8, 4) is 0 Å². The topological polar surface area (TPSA) is 216 Å². The van der Waals surface area contributed by atoms with Crippen LogP contribution in [0.4, 0.5) is 0 Å². The molecule has 55 heavy (non-hydrogen) atoms. The fraction of sp³-hybridized carbons (Fsp3) is 0.929. The maximum atomic E-state index is 12.5. The summed E-state index contributed by atoms with van der Waals surface area (Å²) in [6.45, 7) is 15.0. The molecule has 2 aliphatic heterocycles. The summed E-state index contributed by atoms with van der Waals surface area (Å²) in [5, 5.41) is 83.7. The van der Waals surface area contributed by atoms with Crippen LogP contribution in [0, 0.1) is 50.2 Å². The van der Waals surface area contributed by atoms with E-state index in [4.69, 9.17) is 18.9 Å². The molecule has 0 unspecified atom stereocenters. The van der Waals surface area contributed by atoms with E-state index in [1.807, 2.05) is 6.92 Å². The van der Waals surface area contributed by atoms with Crippen LogP contribution in [0.15, 0.2) is 11.6 Å². The lowest BCUT2D eigenvalue weighted by molar-refractivity contribution is -0.368. The fourth-order valence-electron chi connectivity index (χ4n) is 13.6. The molecule has 0 radical (unpaired) electrons. The van der Waals surface area contributed by atoms with Crippen LogP contribution in [-0.4, -0.2) is 128 Å². The van der Waals surface area contributed by atoms with E-state index in [1.165, 1.54) is 5.57 Å². The first kappa shape index (κ1) is 41.9. The number of rotatable bonds is 7. The normalized spacial score (nSPS) is 54.9. The van der Waals surface area contributed by atoms with Gasteiger partial charge in [-0.3, -0.25) is 4.79 Å².